The van der Waals surface area contributed by atoms with Gasteiger partial charge in [-0.25, -0.2) is 0 Å². The maximum Gasteiger partial charge on any atom is 0.253 e. The summed E-state index contributed by atoms with van der Waals surface area (Å²) in [6.45, 7) is 4.61. The third-order valence-electron chi connectivity index (χ3n) is 5.03. The van der Waals surface area contributed by atoms with Crippen LogP contribution in [0.4, 0.5) is 0 Å². The standard InChI is InChI=1S/C21H24Cl2N4O2/c1-14-12-27(13-16-4-2-3-8-24-16)9-7-19(14)26-20(28)11-25-21(29)17-6-5-15(22)10-18(17)23/h2-6,8,10,14,19H,7,9,11-13H2,1H3,(H,25,29)(H,26,28). The Labute approximate surface area is 180 Å². The predicted octanol–water partition coefficient (Wildman–Crippen LogP) is 3.15. The number of likely N-dealkylation sites (tertiary alicyclic amines) is 1. The highest BCUT2D eigenvalue weighted by molar-refractivity contribution is 6.36. The quantitative estimate of drug-likeness (QED) is 0.731. The number of rotatable bonds is 6. The molecule has 1 aliphatic heterocycles. The normalized spacial score (nSPS) is 19.6. The van der Waals surface area contributed by atoms with E-state index in [0.29, 0.717) is 16.5 Å². The van der Waals surface area contributed by atoms with Crippen molar-refractivity contribution in [3.63, 3.8) is 0 Å². The lowest BCUT2D eigenvalue weighted by Crippen LogP contribution is -2.51. The topological polar surface area (TPSA) is 74.3 Å². The molecular weight excluding hydrogens is 411 g/mol. The van der Waals surface area contributed by atoms with Crippen LogP contribution in [0.3, 0.4) is 0 Å². The average molecular weight is 435 g/mol. The summed E-state index contributed by atoms with van der Waals surface area (Å²) < 4.78 is 0. The summed E-state index contributed by atoms with van der Waals surface area (Å²) >= 11 is 11.9. The number of aromatic nitrogens is 1. The molecule has 2 amide bonds. The van der Waals surface area contributed by atoms with Crippen molar-refractivity contribution in [2.75, 3.05) is 19.6 Å². The summed E-state index contributed by atoms with van der Waals surface area (Å²) in [5, 5.41) is 6.35. The molecule has 1 saturated heterocycles. The molecule has 1 fully saturated rings. The summed E-state index contributed by atoms with van der Waals surface area (Å²) in [4.78, 5) is 31.2. The van der Waals surface area contributed by atoms with Gasteiger partial charge in [-0.1, -0.05) is 36.2 Å². The predicted molar refractivity (Wildman–Crippen MR) is 114 cm³/mol. The van der Waals surface area contributed by atoms with E-state index in [0.717, 1.165) is 31.7 Å². The summed E-state index contributed by atoms with van der Waals surface area (Å²) in [7, 11) is 0. The lowest BCUT2D eigenvalue weighted by molar-refractivity contribution is -0.121. The van der Waals surface area contributed by atoms with Crippen LogP contribution in [0.25, 0.3) is 0 Å². The molecule has 0 radical (unpaired) electrons. The number of nitrogens with zero attached hydrogens (tertiary/aromatic N) is 2. The van der Waals surface area contributed by atoms with Crippen molar-refractivity contribution in [3.8, 4) is 0 Å². The molecule has 1 aliphatic rings. The van der Waals surface area contributed by atoms with Crippen molar-refractivity contribution in [1.82, 2.24) is 20.5 Å². The Morgan fingerprint density at radius 1 is 1.24 bits per heavy atom. The number of hydrogen-bond donors (Lipinski definition) is 2. The smallest absolute Gasteiger partial charge is 0.253 e. The second-order valence-corrected chi connectivity index (χ2v) is 8.15. The van der Waals surface area contributed by atoms with E-state index in [1.165, 1.54) is 12.1 Å². The van der Waals surface area contributed by atoms with E-state index in [9.17, 15) is 9.59 Å². The molecular formula is C21H24Cl2N4O2. The highest BCUT2D eigenvalue weighted by atomic mass is 35.5. The largest absolute Gasteiger partial charge is 0.351 e. The molecule has 154 valence electrons. The van der Waals surface area contributed by atoms with Crippen LogP contribution in [0.1, 0.15) is 29.4 Å². The molecule has 1 aromatic heterocycles. The molecule has 3 rings (SSSR count). The van der Waals surface area contributed by atoms with E-state index in [4.69, 9.17) is 23.2 Å². The van der Waals surface area contributed by atoms with E-state index < -0.39 is 5.91 Å². The maximum atomic E-state index is 12.3. The molecule has 0 aliphatic carbocycles. The number of pyridine rings is 1. The number of piperidine rings is 1. The first-order valence-corrected chi connectivity index (χ1v) is 10.3. The lowest BCUT2D eigenvalue weighted by atomic mass is 9.93. The molecule has 1 aromatic carbocycles. The zero-order valence-electron chi connectivity index (χ0n) is 16.2. The lowest BCUT2D eigenvalue weighted by Gasteiger charge is -2.37. The minimum atomic E-state index is -0.403. The summed E-state index contributed by atoms with van der Waals surface area (Å²) in [5.74, 6) is -0.309. The number of nitrogens with one attached hydrogen (secondary N) is 2. The molecule has 2 unspecified atom stereocenters. The van der Waals surface area contributed by atoms with E-state index in [1.807, 2.05) is 18.2 Å². The number of hydrogen-bond acceptors (Lipinski definition) is 4. The first-order chi connectivity index (χ1) is 13.9. The molecule has 0 spiro atoms. The Morgan fingerprint density at radius 2 is 2.07 bits per heavy atom. The fourth-order valence-corrected chi connectivity index (χ4v) is 3.99. The van der Waals surface area contributed by atoms with Gasteiger partial charge in [-0.15, -0.1) is 0 Å². The van der Waals surface area contributed by atoms with Crippen molar-refractivity contribution in [2.24, 2.45) is 5.92 Å². The Kier molecular flexibility index (Phi) is 7.47. The Morgan fingerprint density at radius 3 is 2.76 bits per heavy atom. The van der Waals surface area contributed by atoms with Crippen molar-refractivity contribution >= 4 is 35.0 Å². The van der Waals surface area contributed by atoms with Gasteiger partial charge in [0.2, 0.25) is 5.91 Å². The van der Waals surface area contributed by atoms with Gasteiger partial charge in [-0.3, -0.25) is 19.5 Å². The van der Waals surface area contributed by atoms with Crippen molar-refractivity contribution in [2.45, 2.75) is 25.9 Å². The zero-order valence-corrected chi connectivity index (χ0v) is 17.7. The van der Waals surface area contributed by atoms with Gasteiger partial charge in [0.1, 0.15) is 0 Å². The summed E-state index contributed by atoms with van der Waals surface area (Å²) in [6, 6.07) is 10.6. The number of benzene rings is 1. The van der Waals surface area contributed by atoms with E-state index in [2.05, 4.69) is 27.4 Å². The van der Waals surface area contributed by atoms with E-state index in [-0.39, 0.29) is 23.5 Å². The van der Waals surface area contributed by atoms with Gasteiger partial charge >= 0.3 is 0 Å². The highest BCUT2D eigenvalue weighted by Crippen LogP contribution is 2.21. The SMILES string of the molecule is CC1CN(Cc2ccccn2)CCC1NC(=O)CNC(=O)c1ccc(Cl)cc1Cl. The number of amides is 2. The molecule has 29 heavy (non-hydrogen) atoms. The second kappa shape index (κ2) is 10.1. The first kappa shape index (κ1) is 21.6. The number of halogens is 2. The van der Waals surface area contributed by atoms with Gasteiger partial charge in [0, 0.05) is 36.9 Å². The van der Waals surface area contributed by atoms with Gasteiger partial charge in [-0.2, -0.15) is 0 Å². The van der Waals surface area contributed by atoms with Crippen LogP contribution in [0.15, 0.2) is 42.6 Å². The Balaban J connectivity index is 1.44. The Hall–Kier alpha value is -2.15. The number of carbonyl (C=O) groups is 2. The van der Waals surface area contributed by atoms with Crippen LogP contribution in [0.2, 0.25) is 10.0 Å². The van der Waals surface area contributed by atoms with E-state index >= 15 is 0 Å². The highest BCUT2D eigenvalue weighted by Gasteiger charge is 2.27. The maximum absolute atomic E-state index is 12.3. The molecule has 2 aromatic rings. The summed E-state index contributed by atoms with van der Waals surface area (Å²) in [5.41, 5.74) is 1.34. The Bertz CT molecular complexity index is 863. The monoisotopic (exact) mass is 434 g/mol. The third-order valence-corrected chi connectivity index (χ3v) is 5.58. The van der Waals surface area contributed by atoms with Crippen LogP contribution < -0.4 is 10.6 Å². The summed E-state index contributed by atoms with van der Waals surface area (Å²) in [6.07, 6.45) is 2.66. The average Bonchev–Trinajstić information content (AvgIpc) is 2.69. The third kappa shape index (κ3) is 6.16. The van der Waals surface area contributed by atoms with Gasteiger partial charge in [0.15, 0.2) is 0 Å². The van der Waals surface area contributed by atoms with E-state index in [1.54, 1.807) is 12.3 Å². The zero-order chi connectivity index (χ0) is 20.8. The van der Waals surface area contributed by atoms with Crippen LogP contribution in [-0.2, 0) is 11.3 Å². The molecule has 0 saturated carbocycles. The van der Waals surface area contributed by atoms with Crippen LogP contribution in [0.5, 0.6) is 0 Å². The molecule has 2 N–H and O–H groups in total. The van der Waals surface area contributed by atoms with Crippen LogP contribution in [0, 0.1) is 5.92 Å². The fraction of sp³-hybridized carbons (Fsp3) is 0.381. The molecule has 8 heteroatoms. The van der Waals surface area contributed by atoms with Crippen molar-refractivity contribution in [3.05, 3.63) is 63.9 Å². The number of carbonyl (C=O) groups excluding carboxylic acids is 2. The van der Waals surface area contributed by atoms with Crippen LogP contribution >= 0.6 is 23.2 Å². The first-order valence-electron chi connectivity index (χ1n) is 9.57. The van der Waals surface area contributed by atoms with Gasteiger partial charge in [0.05, 0.1) is 22.8 Å². The van der Waals surface area contributed by atoms with Gasteiger partial charge in [0.25, 0.3) is 5.91 Å². The molecule has 0 bridgehead atoms. The van der Waals surface area contributed by atoms with Gasteiger partial charge < -0.3 is 10.6 Å². The van der Waals surface area contributed by atoms with Crippen molar-refractivity contribution in [1.29, 1.82) is 0 Å². The molecule has 2 atom stereocenters. The van der Waals surface area contributed by atoms with Crippen LogP contribution in [-0.4, -0.2) is 47.4 Å². The van der Waals surface area contributed by atoms with Gasteiger partial charge in [-0.05, 0) is 42.7 Å². The van der Waals surface area contributed by atoms with Crippen molar-refractivity contribution < 1.29 is 9.59 Å². The molecule has 6 nitrogen and oxygen atoms in total. The second-order valence-electron chi connectivity index (χ2n) is 7.30. The molecule has 2 heterocycles. The fourth-order valence-electron chi connectivity index (χ4n) is 3.50. The minimum Gasteiger partial charge on any atom is -0.351 e. The minimum absolute atomic E-state index is 0.0819.